The molecule has 1 aromatic heterocycles. The van der Waals surface area contributed by atoms with Crippen molar-refractivity contribution in [2.75, 3.05) is 42.9 Å². The van der Waals surface area contributed by atoms with E-state index in [0.717, 1.165) is 19.4 Å². The zero-order chi connectivity index (χ0) is 13.7. The number of hydrogen-bond donors (Lipinski definition) is 3. The van der Waals surface area contributed by atoms with Crippen LogP contribution in [0.5, 0.6) is 0 Å². The van der Waals surface area contributed by atoms with Crippen molar-refractivity contribution < 1.29 is 4.74 Å². The molecule has 19 heavy (non-hydrogen) atoms. The monoisotopic (exact) mass is 267 g/mol. The van der Waals surface area contributed by atoms with E-state index in [2.05, 4.69) is 25.7 Å². The summed E-state index contributed by atoms with van der Waals surface area (Å²) in [6.07, 6.45) is 3.65. The average molecular weight is 267 g/mol. The summed E-state index contributed by atoms with van der Waals surface area (Å²) >= 11 is 0. The smallest absolute Gasteiger partial charge is 0.243 e. The van der Waals surface area contributed by atoms with Gasteiger partial charge < -0.3 is 15.0 Å². The van der Waals surface area contributed by atoms with Gasteiger partial charge in [0.2, 0.25) is 17.8 Å². The SMILES string of the molecule is CN(C)c1nc(NN)nc(NCC2CCCCO2)n1. The van der Waals surface area contributed by atoms with Crippen molar-refractivity contribution in [3.8, 4) is 0 Å². The van der Waals surface area contributed by atoms with Crippen LogP contribution in [0.2, 0.25) is 0 Å². The molecule has 1 aromatic rings. The van der Waals surface area contributed by atoms with Crippen molar-refractivity contribution in [2.45, 2.75) is 25.4 Å². The Bertz CT molecular complexity index is 406. The fraction of sp³-hybridized carbons (Fsp3) is 0.727. The van der Waals surface area contributed by atoms with Crippen molar-refractivity contribution in [3.05, 3.63) is 0 Å². The number of hydrazine groups is 1. The van der Waals surface area contributed by atoms with Gasteiger partial charge in [-0.1, -0.05) is 0 Å². The molecule has 0 saturated carbocycles. The number of nitrogens with one attached hydrogen (secondary N) is 2. The van der Waals surface area contributed by atoms with E-state index in [1.54, 1.807) is 4.90 Å². The summed E-state index contributed by atoms with van der Waals surface area (Å²) < 4.78 is 5.65. The highest BCUT2D eigenvalue weighted by Crippen LogP contribution is 2.14. The van der Waals surface area contributed by atoms with Crippen LogP contribution in [-0.4, -0.2) is 48.3 Å². The number of anilines is 3. The van der Waals surface area contributed by atoms with Crippen LogP contribution in [0.4, 0.5) is 17.8 Å². The first kappa shape index (κ1) is 13.8. The Morgan fingerprint density at radius 1 is 1.26 bits per heavy atom. The highest BCUT2D eigenvalue weighted by atomic mass is 16.5. The maximum Gasteiger partial charge on any atom is 0.243 e. The Morgan fingerprint density at radius 3 is 2.68 bits per heavy atom. The van der Waals surface area contributed by atoms with Crippen LogP contribution >= 0.6 is 0 Å². The lowest BCUT2D eigenvalue weighted by atomic mass is 10.1. The molecule has 0 aliphatic carbocycles. The molecule has 106 valence electrons. The van der Waals surface area contributed by atoms with Gasteiger partial charge in [-0.15, -0.1) is 0 Å². The highest BCUT2D eigenvalue weighted by molar-refractivity contribution is 5.42. The lowest BCUT2D eigenvalue weighted by molar-refractivity contribution is 0.0246. The van der Waals surface area contributed by atoms with E-state index in [9.17, 15) is 0 Å². The van der Waals surface area contributed by atoms with Gasteiger partial charge in [-0.2, -0.15) is 15.0 Å². The van der Waals surface area contributed by atoms with Crippen molar-refractivity contribution >= 4 is 17.8 Å². The molecule has 0 amide bonds. The van der Waals surface area contributed by atoms with E-state index in [-0.39, 0.29) is 6.10 Å². The average Bonchev–Trinajstić information content (AvgIpc) is 2.45. The molecule has 1 fully saturated rings. The van der Waals surface area contributed by atoms with E-state index in [4.69, 9.17) is 10.6 Å². The lowest BCUT2D eigenvalue weighted by Crippen LogP contribution is -2.28. The molecule has 0 radical (unpaired) electrons. The molecule has 8 heteroatoms. The van der Waals surface area contributed by atoms with E-state index in [1.165, 1.54) is 6.42 Å². The first-order valence-electron chi connectivity index (χ1n) is 6.44. The number of ether oxygens (including phenoxy) is 1. The van der Waals surface area contributed by atoms with Gasteiger partial charge in [0, 0.05) is 27.2 Å². The zero-order valence-corrected chi connectivity index (χ0v) is 11.4. The first-order chi connectivity index (χ1) is 9.19. The zero-order valence-electron chi connectivity index (χ0n) is 11.4. The number of nitrogen functional groups attached to an aromatic ring is 1. The summed E-state index contributed by atoms with van der Waals surface area (Å²) in [6, 6.07) is 0. The minimum Gasteiger partial charge on any atom is -0.376 e. The Balaban J connectivity index is 2.00. The molecule has 0 spiro atoms. The molecule has 1 unspecified atom stereocenters. The molecule has 0 aromatic carbocycles. The van der Waals surface area contributed by atoms with Crippen molar-refractivity contribution in [1.29, 1.82) is 0 Å². The quantitative estimate of drug-likeness (QED) is 0.514. The van der Waals surface area contributed by atoms with Crippen molar-refractivity contribution in [3.63, 3.8) is 0 Å². The Hall–Kier alpha value is -1.67. The molecule has 2 rings (SSSR count). The van der Waals surface area contributed by atoms with Gasteiger partial charge in [-0.3, -0.25) is 5.43 Å². The van der Waals surface area contributed by atoms with Gasteiger partial charge in [0.05, 0.1) is 6.10 Å². The van der Waals surface area contributed by atoms with Crippen LogP contribution in [0, 0.1) is 0 Å². The van der Waals surface area contributed by atoms with Crippen LogP contribution < -0.4 is 21.5 Å². The molecular weight excluding hydrogens is 246 g/mol. The third kappa shape index (κ3) is 3.90. The predicted octanol–water partition coefficient (Wildman–Crippen LogP) is 0.204. The van der Waals surface area contributed by atoms with E-state index in [0.29, 0.717) is 24.4 Å². The van der Waals surface area contributed by atoms with Gasteiger partial charge in [-0.05, 0) is 19.3 Å². The number of aromatic nitrogens is 3. The number of hydrogen-bond acceptors (Lipinski definition) is 8. The fourth-order valence-electron chi connectivity index (χ4n) is 1.88. The molecule has 4 N–H and O–H groups in total. The van der Waals surface area contributed by atoms with Crippen LogP contribution in [0.25, 0.3) is 0 Å². The number of nitrogens with two attached hydrogens (primary N) is 1. The molecule has 8 nitrogen and oxygen atoms in total. The molecule has 0 bridgehead atoms. The number of nitrogens with zero attached hydrogens (tertiary/aromatic N) is 4. The summed E-state index contributed by atoms with van der Waals surface area (Å²) in [4.78, 5) is 14.4. The largest absolute Gasteiger partial charge is 0.376 e. The molecular formula is C11H21N7O. The van der Waals surface area contributed by atoms with Gasteiger partial charge in [0.25, 0.3) is 0 Å². The van der Waals surface area contributed by atoms with Crippen LogP contribution in [0.3, 0.4) is 0 Å². The normalized spacial score (nSPS) is 19.0. The van der Waals surface area contributed by atoms with Crippen molar-refractivity contribution in [1.82, 2.24) is 15.0 Å². The first-order valence-corrected chi connectivity index (χ1v) is 6.44. The maximum atomic E-state index is 5.65. The van der Waals surface area contributed by atoms with E-state index >= 15 is 0 Å². The Labute approximate surface area is 112 Å². The van der Waals surface area contributed by atoms with Gasteiger partial charge in [-0.25, -0.2) is 5.84 Å². The van der Waals surface area contributed by atoms with Gasteiger partial charge in [0.15, 0.2) is 0 Å². The van der Waals surface area contributed by atoms with Crippen LogP contribution in [-0.2, 0) is 4.74 Å². The second-order valence-corrected chi connectivity index (χ2v) is 4.69. The standard InChI is InChI=1S/C11H21N7O/c1-18(2)11-15-9(14-10(16-11)17-12)13-7-8-5-3-4-6-19-8/h8H,3-7,12H2,1-2H3,(H2,13,14,15,16,17). The van der Waals surface area contributed by atoms with E-state index < -0.39 is 0 Å². The minimum absolute atomic E-state index is 0.225. The van der Waals surface area contributed by atoms with Crippen molar-refractivity contribution in [2.24, 2.45) is 5.84 Å². The third-order valence-electron chi connectivity index (χ3n) is 2.91. The fourth-order valence-corrected chi connectivity index (χ4v) is 1.88. The summed E-state index contributed by atoms with van der Waals surface area (Å²) in [7, 11) is 3.73. The molecule has 1 atom stereocenters. The van der Waals surface area contributed by atoms with E-state index in [1.807, 2.05) is 14.1 Å². The Kier molecular flexibility index (Phi) is 4.69. The van der Waals surface area contributed by atoms with Gasteiger partial charge in [0.1, 0.15) is 0 Å². The predicted molar refractivity (Wildman–Crippen MR) is 74.0 cm³/mol. The lowest BCUT2D eigenvalue weighted by Gasteiger charge is -2.23. The maximum absolute atomic E-state index is 5.65. The summed E-state index contributed by atoms with van der Waals surface area (Å²) in [5.74, 6) is 6.74. The third-order valence-corrected chi connectivity index (χ3v) is 2.91. The second kappa shape index (κ2) is 6.48. The minimum atomic E-state index is 0.225. The molecule has 1 aliphatic heterocycles. The summed E-state index contributed by atoms with van der Waals surface area (Å²) in [5.41, 5.74) is 2.44. The highest BCUT2D eigenvalue weighted by Gasteiger charge is 2.14. The molecule has 2 heterocycles. The topological polar surface area (TPSA) is 101 Å². The summed E-state index contributed by atoms with van der Waals surface area (Å²) in [5, 5.41) is 3.17. The molecule has 1 saturated heterocycles. The van der Waals surface area contributed by atoms with Gasteiger partial charge >= 0.3 is 0 Å². The summed E-state index contributed by atoms with van der Waals surface area (Å²) in [6.45, 7) is 1.53. The Morgan fingerprint density at radius 2 is 2.05 bits per heavy atom. The van der Waals surface area contributed by atoms with Crippen LogP contribution in [0.1, 0.15) is 19.3 Å². The van der Waals surface area contributed by atoms with Crippen LogP contribution in [0.15, 0.2) is 0 Å². The second-order valence-electron chi connectivity index (χ2n) is 4.69. The molecule has 1 aliphatic rings. The number of rotatable bonds is 5.